The van der Waals surface area contributed by atoms with E-state index >= 15 is 0 Å². The summed E-state index contributed by atoms with van der Waals surface area (Å²) in [6, 6.07) is 10.3. The number of nitrogens with zero attached hydrogens (tertiary/aromatic N) is 1. The first-order valence-electron chi connectivity index (χ1n) is 7.06. The highest BCUT2D eigenvalue weighted by molar-refractivity contribution is 5.94. The molecule has 4 nitrogen and oxygen atoms in total. The van der Waals surface area contributed by atoms with Gasteiger partial charge in [-0.1, -0.05) is 56.2 Å². The predicted octanol–water partition coefficient (Wildman–Crippen LogP) is 3.40. The van der Waals surface area contributed by atoms with Crippen LogP contribution in [0, 0.1) is 12.8 Å². The fraction of sp³-hybridized carbons (Fsp3) is 0.500. The molecule has 1 aliphatic rings. The normalized spacial score (nSPS) is 15.2. The van der Waals surface area contributed by atoms with Gasteiger partial charge < -0.3 is 4.74 Å². The number of hydrogen-bond acceptors (Lipinski definition) is 3. The number of benzene rings is 1. The van der Waals surface area contributed by atoms with E-state index in [1.54, 1.807) is 0 Å². The van der Waals surface area contributed by atoms with Gasteiger partial charge in [0.15, 0.2) is 0 Å². The van der Waals surface area contributed by atoms with Gasteiger partial charge in [0.05, 0.1) is 6.54 Å². The van der Waals surface area contributed by atoms with E-state index in [4.69, 9.17) is 0 Å². The molecule has 20 heavy (non-hydrogen) atoms. The molecule has 0 saturated carbocycles. The summed E-state index contributed by atoms with van der Waals surface area (Å²) >= 11 is 0. The largest absolute Gasteiger partial charge is 0.447 e. The number of carbonyl (C=O) groups excluding carboxylic acids is 2. The molecule has 1 unspecified atom stereocenters. The molecule has 0 bridgehead atoms. The lowest BCUT2D eigenvalue weighted by molar-refractivity contribution is -0.131. The third-order valence-corrected chi connectivity index (χ3v) is 3.11. The van der Waals surface area contributed by atoms with Crippen LogP contribution in [0.2, 0.25) is 0 Å². The van der Waals surface area contributed by atoms with Gasteiger partial charge in [0, 0.05) is 5.92 Å². The standard InChI is InChI=1S/C9H15NO3.C7H8/c1-3-4-7(2)8(11)10-5-6-13-9(10)12;1-7-5-3-2-4-6-7/h7H,3-6H2,1-2H3;2-6H,1H3. The number of hydrogen-bond donors (Lipinski definition) is 0. The van der Waals surface area contributed by atoms with Gasteiger partial charge in [0.25, 0.3) is 0 Å². The van der Waals surface area contributed by atoms with Crippen LogP contribution >= 0.6 is 0 Å². The monoisotopic (exact) mass is 277 g/mol. The molecular weight excluding hydrogens is 254 g/mol. The van der Waals surface area contributed by atoms with Gasteiger partial charge in [0.2, 0.25) is 5.91 Å². The number of imide groups is 1. The zero-order valence-electron chi connectivity index (χ0n) is 12.5. The quantitative estimate of drug-likeness (QED) is 0.850. The fourth-order valence-electron chi connectivity index (χ4n) is 1.95. The Labute approximate surface area is 120 Å². The van der Waals surface area contributed by atoms with Crippen molar-refractivity contribution in [2.45, 2.75) is 33.6 Å². The molecule has 1 aliphatic heterocycles. The van der Waals surface area contributed by atoms with Gasteiger partial charge in [-0.3, -0.25) is 4.79 Å². The van der Waals surface area contributed by atoms with E-state index in [1.807, 2.05) is 32.0 Å². The lowest BCUT2D eigenvalue weighted by Crippen LogP contribution is -2.35. The first-order valence-corrected chi connectivity index (χ1v) is 7.06. The van der Waals surface area contributed by atoms with Gasteiger partial charge >= 0.3 is 6.09 Å². The van der Waals surface area contributed by atoms with Gasteiger partial charge in [0.1, 0.15) is 6.61 Å². The van der Waals surface area contributed by atoms with E-state index in [0.717, 1.165) is 12.8 Å². The lowest BCUT2D eigenvalue weighted by Gasteiger charge is -2.15. The first kappa shape index (κ1) is 16.2. The van der Waals surface area contributed by atoms with Crippen molar-refractivity contribution in [1.82, 2.24) is 4.90 Å². The molecule has 110 valence electrons. The van der Waals surface area contributed by atoms with Gasteiger partial charge in [-0.15, -0.1) is 0 Å². The van der Waals surface area contributed by atoms with Gasteiger partial charge in [-0.05, 0) is 13.3 Å². The number of ether oxygens (including phenoxy) is 1. The Morgan fingerprint density at radius 2 is 2.00 bits per heavy atom. The van der Waals surface area contributed by atoms with Crippen LogP contribution in [-0.4, -0.2) is 30.1 Å². The summed E-state index contributed by atoms with van der Waals surface area (Å²) in [5, 5.41) is 0. The maximum atomic E-state index is 11.6. The molecule has 0 spiro atoms. The third kappa shape index (κ3) is 5.03. The Hall–Kier alpha value is -1.84. The average molecular weight is 277 g/mol. The minimum Gasteiger partial charge on any atom is -0.447 e. The number of rotatable bonds is 3. The third-order valence-electron chi connectivity index (χ3n) is 3.11. The molecule has 0 aliphatic carbocycles. The fourth-order valence-corrected chi connectivity index (χ4v) is 1.95. The molecule has 4 heteroatoms. The molecule has 1 aromatic rings. The summed E-state index contributed by atoms with van der Waals surface area (Å²) in [4.78, 5) is 23.8. The number of cyclic esters (lactones) is 1. The molecule has 1 atom stereocenters. The van der Waals surface area contributed by atoms with E-state index in [9.17, 15) is 9.59 Å². The van der Waals surface area contributed by atoms with Crippen molar-refractivity contribution in [2.24, 2.45) is 5.92 Å². The van der Waals surface area contributed by atoms with Crippen molar-refractivity contribution < 1.29 is 14.3 Å². The van der Waals surface area contributed by atoms with Crippen LogP contribution in [0.25, 0.3) is 0 Å². The molecule has 0 N–H and O–H groups in total. The van der Waals surface area contributed by atoms with Crippen molar-refractivity contribution >= 4 is 12.0 Å². The average Bonchev–Trinajstić information content (AvgIpc) is 2.86. The van der Waals surface area contributed by atoms with E-state index in [2.05, 4.69) is 23.8 Å². The predicted molar refractivity (Wildman–Crippen MR) is 78.3 cm³/mol. The van der Waals surface area contributed by atoms with Crippen molar-refractivity contribution in [2.75, 3.05) is 13.2 Å². The second-order valence-electron chi connectivity index (χ2n) is 4.95. The summed E-state index contributed by atoms with van der Waals surface area (Å²) in [6.07, 6.45) is 1.28. The minimum absolute atomic E-state index is 0.0735. The summed E-state index contributed by atoms with van der Waals surface area (Å²) in [7, 11) is 0. The molecule has 2 rings (SSSR count). The lowest BCUT2D eigenvalue weighted by atomic mass is 10.1. The molecule has 1 saturated heterocycles. The van der Waals surface area contributed by atoms with E-state index in [-0.39, 0.29) is 11.8 Å². The van der Waals surface area contributed by atoms with Crippen molar-refractivity contribution in [1.29, 1.82) is 0 Å². The Morgan fingerprint density at radius 1 is 1.35 bits per heavy atom. The highest BCUT2D eigenvalue weighted by Crippen LogP contribution is 2.13. The minimum atomic E-state index is -0.493. The van der Waals surface area contributed by atoms with Crippen LogP contribution in [0.5, 0.6) is 0 Å². The Balaban J connectivity index is 0.000000240. The molecule has 1 fully saturated rings. The summed E-state index contributed by atoms with van der Waals surface area (Å²) in [5.41, 5.74) is 1.32. The summed E-state index contributed by atoms with van der Waals surface area (Å²) < 4.78 is 4.68. The second-order valence-corrected chi connectivity index (χ2v) is 4.95. The Morgan fingerprint density at radius 3 is 2.40 bits per heavy atom. The van der Waals surface area contributed by atoms with Gasteiger partial charge in [-0.25, -0.2) is 9.69 Å². The summed E-state index contributed by atoms with van der Waals surface area (Å²) in [5.74, 6) is -0.181. The smallest absolute Gasteiger partial charge is 0.416 e. The van der Waals surface area contributed by atoms with E-state index < -0.39 is 6.09 Å². The molecule has 0 radical (unpaired) electrons. The van der Waals surface area contributed by atoms with Gasteiger partial charge in [-0.2, -0.15) is 0 Å². The SMILES string of the molecule is CCCC(C)C(=O)N1CCOC1=O.Cc1ccccc1. The molecule has 2 amide bonds. The van der Waals surface area contributed by atoms with Crippen molar-refractivity contribution in [3.05, 3.63) is 35.9 Å². The van der Waals surface area contributed by atoms with E-state index in [0.29, 0.717) is 13.2 Å². The molecular formula is C16H23NO3. The second kappa shape index (κ2) is 8.35. The number of amides is 2. The number of aryl methyl sites for hydroxylation is 1. The zero-order valence-corrected chi connectivity index (χ0v) is 12.5. The van der Waals surface area contributed by atoms with Crippen LogP contribution in [-0.2, 0) is 9.53 Å². The number of carbonyl (C=O) groups is 2. The maximum absolute atomic E-state index is 11.6. The van der Waals surface area contributed by atoms with Crippen molar-refractivity contribution in [3.8, 4) is 0 Å². The van der Waals surface area contributed by atoms with E-state index in [1.165, 1.54) is 10.5 Å². The highest BCUT2D eigenvalue weighted by Gasteiger charge is 2.30. The first-order chi connectivity index (χ1) is 9.56. The zero-order chi connectivity index (χ0) is 15.0. The van der Waals surface area contributed by atoms with Crippen LogP contribution in [0.3, 0.4) is 0 Å². The Bertz CT molecular complexity index is 431. The molecule has 1 aromatic carbocycles. The van der Waals surface area contributed by atoms with Crippen LogP contribution < -0.4 is 0 Å². The van der Waals surface area contributed by atoms with Crippen LogP contribution in [0.4, 0.5) is 4.79 Å². The Kier molecular flexibility index (Phi) is 6.77. The topological polar surface area (TPSA) is 46.6 Å². The van der Waals surface area contributed by atoms with Crippen molar-refractivity contribution in [3.63, 3.8) is 0 Å². The summed E-state index contributed by atoms with van der Waals surface area (Å²) in [6.45, 7) is 6.69. The van der Waals surface area contributed by atoms with Crippen LogP contribution in [0.1, 0.15) is 32.3 Å². The molecule has 0 aromatic heterocycles. The van der Waals surface area contributed by atoms with Crippen LogP contribution in [0.15, 0.2) is 30.3 Å². The molecule has 1 heterocycles. The maximum Gasteiger partial charge on any atom is 0.416 e. The highest BCUT2D eigenvalue weighted by atomic mass is 16.6.